The van der Waals surface area contributed by atoms with Crippen LogP contribution in [0.5, 0.6) is 23.0 Å². The molecule has 0 saturated heterocycles. The van der Waals surface area contributed by atoms with Crippen LogP contribution in [-0.4, -0.2) is 39.2 Å². The second-order valence-electron chi connectivity index (χ2n) is 5.45. The summed E-state index contributed by atoms with van der Waals surface area (Å²) < 4.78 is 22.3. The Bertz CT molecular complexity index is 954. The molecule has 0 unspecified atom stereocenters. The highest BCUT2D eigenvalue weighted by atomic mass is 127. The molecule has 0 bridgehead atoms. The monoisotopic (exact) mass is 467 g/mol. The number of H-pyrrole nitrogens is 1. The van der Waals surface area contributed by atoms with E-state index in [1.54, 1.807) is 25.4 Å². The van der Waals surface area contributed by atoms with E-state index in [0.717, 1.165) is 20.2 Å². The average molecular weight is 467 g/mol. The summed E-state index contributed by atoms with van der Waals surface area (Å²) in [5.41, 5.74) is 1.88. The maximum Gasteiger partial charge on any atom is 0.203 e. The number of aromatic nitrogens is 1. The van der Waals surface area contributed by atoms with Crippen LogP contribution in [0.2, 0.25) is 0 Å². The Hall–Kier alpha value is -2.42. The number of rotatable bonds is 6. The lowest BCUT2D eigenvalue weighted by Crippen LogP contribution is -2.03. The van der Waals surface area contributed by atoms with Gasteiger partial charge in [0, 0.05) is 22.7 Å². The van der Waals surface area contributed by atoms with E-state index in [1.165, 1.54) is 21.3 Å². The Labute approximate surface area is 164 Å². The minimum Gasteiger partial charge on any atom is -0.496 e. The number of ether oxygens (including phenoxy) is 4. The quantitative estimate of drug-likeness (QED) is 0.438. The van der Waals surface area contributed by atoms with E-state index < -0.39 is 0 Å². The summed E-state index contributed by atoms with van der Waals surface area (Å²) in [6.45, 7) is 0. The molecule has 2 aromatic carbocycles. The van der Waals surface area contributed by atoms with Crippen LogP contribution in [0.4, 0.5) is 0 Å². The highest BCUT2D eigenvalue weighted by Gasteiger charge is 2.21. The van der Waals surface area contributed by atoms with Gasteiger partial charge >= 0.3 is 0 Å². The van der Waals surface area contributed by atoms with Crippen molar-refractivity contribution in [3.8, 4) is 23.0 Å². The molecular weight excluding hydrogens is 449 g/mol. The summed E-state index contributed by atoms with van der Waals surface area (Å²) in [7, 11) is 6.18. The van der Waals surface area contributed by atoms with Gasteiger partial charge in [0.05, 0.1) is 37.5 Å². The predicted octanol–water partition coefficient (Wildman–Crippen LogP) is 4.04. The number of halogens is 1. The van der Waals surface area contributed by atoms with Crippen molar-refractivity contribution < 1.29 is 23.7 Å². The second-order valence-corrected chi connectivity index (χ2v) is 6.53. The molecule has 0 fully saturated rings. The second kappa shape index (κ2) is 7.45. The van der Waals surface area contributed by atoms with Gasteiger partial charge in [-0.2, -0.15) is 0 Å². The number of fused-ring (bicyclic) bond motifs is 1. The number of hydrogen-bond donors (Lipinski definition) is 1. The molecule has 0 aliphatic carbocycles. The molecule has 3 aromatic rings. The zero-order valence-electron chi connectivity index (χ0n) is 14.8. The average Bonchev–Trinajstić information content (AvgIpc) is 3.11. The summed E-state index contributed by atoms with van der Waals surface area (Å²) >= 11 is 2.20. The van der Waals surface area contributed by atoms with Gasteiger partial charge in [-0.15, -0.1) is 0 Å². The third-order valence-corrected chi connectivity index (χ3v) is 5.22. The van der Waals surface area contributed by atoms with Gasteiger partial charge in [-0.05, 0) is 46.9 Å². The Morgan fingerprint density at radius 1 is 0.923 bits per heavy atom. The Morgan fingerprint density at radius 3 is 2.08 bits per heavy atom. The van der Waals surface area contributed by atoms with Gasteiger partial charge in [-0.1, -0.05) is 0 Å². The van der Waals surface area contributed by atoms with Crippen molar-refractivity contribution in [3.63, 3.8) is 0 Å². The van der Waals surface area contributed by atoms with Crippen molar-refractivity contribution in [1.29, 1.82) is 0 Å². The van der Waals surface area contributed by atoms with Crippen molar-refractivity contribution in [2.45, 2.75) is 0 Å². The molecule has 1 N–H and O–H groups in total. The summed E-state index contributed by atoms with van der Waals surface area (Å²) in [5, 5.41) is 0.828. The van der Waals surface area contributed by atoms with Crippen LogP contribution in [0.1, 0.15) is 15.9 Å². The fourth-order valence-electron chi connectivity index (χ4n) is 2.86. The van der Waals surface area contributed by atoms with E-state index >= 15 is 0 Å². The molecule has 1 heterocycles. The number of ketones is 1. The van der Waals surface area contributed by atoms with Crippen molar-refractivity contribution in [3.05, 3.63) is 45.2 Å². The Kier molecular flexibility index (Phi) is 5.26. The molecule has 0 aliphatic rings. The zero-order valence-corrected chi connectivity index (χ0v) is 17.0. The number of methoxy groups -OCH3 is 4. The van der Waals surface area contributed by atoms with Crippen molar-refractivity contribution >= 4 is 39.3 Å². The van der Waals surface area contributed by atoms with E-state index in [4.69, 9.17) is 18.9 Å². The van der Waals surface area contributed by atoms with Gasteiger partial charge in [-0.3, -0.25) is 4.79 Å². The molecular formula is C19H18INO5. The highest BCUT2D eigenvalue weighted by molar-refractivity contribution is 14.1. The third kappa shape index (κ3) is 2.96. The first kappa shape index (κ1) is 18.4. The molecule has 0 saturated carbocycles. The third-order valence-electron chi connectivity index (χ3n) is 4.15. The van der Waals surface area contributed by atoms with Crippen LogP contribution in [0.15, 0.2) is 30.5 Å². The molecule has 7 heteroatoms. The highest BCUT2D eigenvalue weighted by Crippen LogP contribution is 2.39. The maximum absolute atomic E-state index is 13.1. The van der Waals surface area contributed by atoms with Gasteiger partial charge in [-0.25, -0.2) is 0 Å². The van der Waals surface area contributed by atoms with Crippen molar-refractivity contribution in [2.75, 3.05) is 28.4 Å². The largest absolute Gasteiger partial charge is 0.496 e. The normalized spacial score (nSPS) is 10.7. The lowest BCUT2D eigenvalue weighted by atomic mass is 10.0. The first-order valence-electron chi connectivity index (χ1n) is 7.74. The van der Waals surface area contributed by atoms with Gasteiger partial charge in [0.15, 0.2) is 17.3 Å². The fourth-order valence-corrected chi connectivity index (χ4v) is 3.70. The number of nitrogens with one attached hydrogen (secondary N) is 1. The van der Waals surface area contributed by atoms with Gasteiger partial charge < -0.3 is 23.9 Å². The van der Waals surface area contributed by atoms with Crippen LogP contribution >= 0.6 is 22.6 Å². The molecule has 3 rings (SSSR count). The Balaban J connectivity index is 2.13. The van der Waals surface area contributed by atoms with Crippen molar-refractivity contribution in [2.24, 2.45) is 0 Å². The van der Waals surface area contributed by atoms with Crippen LogP contribution < -0.4 is 18.9 Å². The van der Waals surface area contributed by atoms with Crippen LogP contribution in [0.25, 0.3) is 10.9 Å². The molecule has 0 aliphatic heterocycles. The molecule has 1 aromatic heterocycles. The molecule has 0 spiro atoms. The number of benzene rings is 2. The first-order valence-corrected chi connectivity index (χ1v) is 8.81. The fraction of sp³-hybridized carbons (Fsp3) is 0.211. The Morgan fingerprint density at radius 2 is 1.54 bits per heavy atom. The zero-order chi connectivity index (χ0) is 18.8. The van der Waals surface area contributed by atoms with E-state index in [0.29, 0.717) is 28.4 Å². The minimum absolute atomic E-state index is 0.142. The van der Waals surface area contributed by atoms with Crippen LogP contribution in [-0.2, 0) is 0 Å². The molecule has 136 valence electrons. The van der Waals surface area contributed by atoms with Crippen LogP contribution in [0, 0.1) is 3.57 Å². The number of aromatic amines is 1. The topological polar surface area (TPSA) is 69.8 Å². The van der Waals surface area contributed by atoms with E-state index in [2.05, 4.69) is 27.6 Å². The molecule has 0 radical (unpaired) electrons. The minimum atomic E-state index is -0.142. The summed E-state index contributed by atoms with van der Waals surface area (Å²) in [6, 6.07) is 7.02. The van der Waals surface area contributed by atoms with Crippen molar-refractivity contribution in [1.82, 2.24) is 4.98 Å². The molecule has 0 amide bonds. The van der Waals surface area contributed by atoms with E-state index in [1.807, 2.05) is 12.1 Å². The number of carbonyl (C=O) groups is 1. The number of hydrogen-bond acceptors (Lipinski definition) is 5. The molecule has 0 atom stereocenters. The summed E-state index contributed by atoms with van der Waals surface area (Å²) in [5.74, 6) is 1.94. The lowest BCUT2D eigenvalue weighted by molar-refractivity contribution is 0.103. The molecule has 6 nitrogen and oxygen atoms in total. The van der Waals surface area contributed by atoms with Gasteiger partial charge in [0.2, 0.25) is 5.75 Å². The SMILES string of the molecule is COc1cc(C(=O)c2c[nH]c3c(I)c(OC)ccc23)cc(OC)c1OC. The smallest absolute Gasteiger partial charge is 0.203 e. The van der Waals surface area contributed by atoms with E-state index in [-0.39, 0.29) is 5.78 Å². The maximum atomic E-state index is 13.1. The first-order chi connectivity index (χ1) is 12.5. The standard InChI is InChI=1S/C19H18INO5/c1-23-13-6-5-11-12(9-21-17(11)16(13)20)18(22)10-7-14(24-2)19(26-4)15(8-10)25-3/h5-9,21H,1-4H3. The van der Waals surface area contributed by atoms with Gasteiger partial charge in [0.25, 0.3) is 0 Å². The predicted molar refractivity (Wildman–Crippen MR) is 107 cm³/mol. The number of carbonyl (C=O) groups excluding carboxylic acids is 1. The summed E-state index contributed by atoms with van der Waals surface area (Å²) in [4.78, 5) is 16.3. The van der Waals surface area contributed by atoms with E-state index in [9.17, 15) is 4.79 Å². The van der Waals surface area contributed by atoms with Gasteiger partial charge in [0.1, 0.15) is 5.75 Å². The molecule has 26 heavy (non-hydrogen) atoms. The lowest BCUT2D eigenvalue weighted by Gasteiger charge is -2.13. The summed E-state index contributed by atoms with van der Waals surface area (Å²) in [6.07, 6.45) is 1.71. The van der Waals surface area contributed by atoms with Crippen LogP contribution in [0.3, 0.4) is 0 Å².